The molecule has 128 valence electrons. The summed E-state index contributed by atoms with van der Waals surface area (Å²) < 4.78 is 6.00. The average Bonchev–Trinajstić information content (AvgIpc) is 3.06. The zero-order valence-corrected chi connectivity index (χ0v) is 14.0. The van der Waals surface area contributed by atoms with E-state index < -0.39 is 0 Å². The number of para-hydroxylation sites is 1. The van der Waals surface area contributed by atoms with Crippen LogP contribution in [-0.4, -0.2) is 40.0 Å². The smallest absolute Gasteiger partial charge is 0.227 e. The minimum absolute atomic E-state index is 0.0445. The number of carbonyl (C=O) groups excluding carboxylic acids is 1. The van der Waals surface area contributed by atoms with E-state index in [4.69, 9.17) is 4.74 Å². The largest absolute Gasteiger partial charge is 0.488 e. The zero-order valence-electron chi connectivity index (χ0n) is 14.0. The van der Waals surface area contributed by atoms with Gasteiger partial charge in [-0.15, -0.1) is 0 Å². The summed E-state index contributed by atoms with van der Waals surface area (Å²) in [6.45, 7) is 1.45. The maximum absolute atomic E-state index is 12.8. The summed E-state index contributed by atoms with van der Waals surface area (Å²) in [5, 5.41) is 1.12. The summed E-state index contributed by atoms with van der Waals surface area (Å²) in [7, 11) is 0. The van der Waals surface area contributed by atoms with E-state index >= 15 is 0 Å². The Hall–Kier alpha value is -2.82. The summed E-state index contributed by atoms with van der Waals surface area (Å²) in [6.07, 6.45) is 7.79. The number of carbonyl (C=O) groups is 1. The van der Waals surface area contributed by atoms with Gasteiger partial charge in [0.2, 0.25) is 5.91 Å². The lowest BCUT2D eigenvalue weighted by atomic mass is 10.1. The number of aromatic amines is 1. The van der Waals surface area contributed by atoms with E-state index in [1.165, 1.54) is 0 Å². The first-order valence-corrected chi connectivity index (χ1v) is 8.69. The van der Waals surface area contributed by atoms with E-state index in [-0.39, 0.29) is 12.0 Å². The second kappa shape index (κ2) is 6.97. The summed E-state index contributed by atoms with van der Waals surface area (Å²) in [5.74, 6) is 0.971. The lowest BCUT2D eigenvalue weighted by molar-refractivity contribution is -0.133. The van der Waals surface area contributed by atoms with Crippen LogP contribution in [0.2, 0.25) is 0 Å². The van der Waals surface area contributed by atoms with Crippen LogP contribution in [0.4, 0.5) is 0 Å². The quantitative estimate of drug-likeness (QED) is 0.797. The van der Waals surface area contributed by atoms with Gasteiger partial charge in [0.05, 0.1) is 13.0 Å². The SMILES string of the molecule is O=C(Cc1c[nH]c2ccccc12)N1CCCC(Oc2ccncc2)C1. The molecule has 0 saturated carbocycles. The number of aromatic nitrogens is 2. The number of nitrogens with zero attached hydrogens (tertiary/aromatic N) is 2. The molecule has 3 heterocycles. The molecule has 3 aromatic rings. The van der Waals surface area contributed by atoms with Gasteiger partial charge in [-0.05, 0) is 36.6 Å². The predicted molar refractivity (Wildman–Crippen MR) is 96.5 cm³/mol. The fraction of sp³-hybridized carbons (Fsp3) is 0.300. The number of nitrogens with one attached hydrogen (secondary N) is 1. The van der Waals surface area contributed by atoms with Crippen LogP contribution in [-0.2, 0) is 11.2 Å². The number of likely N-dealkylation sites (tertiary alicyclic amines) is 1. The third-order valence-corrected chi connectivity index (χ3v) is 4.70. The van der Waals surface area contributed by atoms with Crippen molar-refractivity contribution in [1.29, 1.82) is 0 Å². The van der Waals surface area contributed by atoms with Gasteiger partial charge in [0.15, 0.2) is 0 Å². The van der Waals surface area contributed by atoms with Gasteiger partial charge in [-0.3, -0.25) is 9.78 Å². The van der Waals surface area contributed by atoms with E-state index in [1.807, 2.05) is 41.4 Å². The number of pyridine rings is 1. The highest BCUT2D eigenvalue weighted by atomic mass is 16.5. The minimum Gasteiger partial charge on any atom is -0.488 e. The zero-order chi connectivity index (χ0) is 17.1. The van der Waals surface area contributed by atoms with Gasteiger partial charge in [0.25, 0.3) is 0 Å². The van der Waals surface area contributed by atoms with E-state index in [9.17, 15) is 4.79 Å². The maximum atomic E-state index is 12.8. The Balaban J connectivity index is 1.41. The van der Waals surface area contributed by atoms with Crippen LogP contribution in [0.1, 0.15) is 18.4 Å². The van der Waals surface area contributed by atoms with E-state index in [0.29, 0.717) is 13.0 Å². The number of H-pyrrole nitrogens is 1. The topological polar surface area (TPSA) is 58.2 Å². The van der Waals surface area contributed by atoms with Crippen molar-refractivity contribution in [3.05, 3.63) is 60.6 Å². The highest BCUT2D eigenvalue weighted by molar-refractivity contribution is 5.88. The molecule has 5 heteroatoms. The molecular weight excluding hydrogens is 314 g/mol. The third kappa shape index (κ3) is 3.50. The Morgan fingerprint density at radius 2 is 2.08 bits per heavy atom. The van der Waals surface area contributed by atoms with Crippen molar-refractivity contribution in [2.24, 2.45) is 0 Å². The second-order valence-electron chi connectivity index (χ2n) is 6.44. The first kappa shape index (κ1) is 15.7. The predicted octanol–water partition coefficient (Wildman–Crippen LogP) is 3.18. The molecular formula is C20H21N3O2. The summed E-state index contributed by atoms with van der Waals surface area (Å²) in [5.41, 5.74) is 2.13. The van der Waals surface area contributed by atoms with Gasteiger partial charge in [-0.1, -0.05) is 18.2 Å². The van der Waals surface area contributed by atoms with Crippen molar-refractivity contribution < 1.29 is 9.53 Å². The molecule has 5 nitrogen and oxygen atoms in total. The molecule has 1 unspecified atom stereocenters. The molecule has 0 bridgehead atoms. The number of hydrogen-bond donors (Lipinski definition) is 1. The Bertz CT molecular complexity index is 860. The standard InChI is InChI=1S/C20H21N3O2/c24-20(12-15-13-22-19-6-2-1-5-18(15)19)23-11-3-4-17(14-23)25-16-7-9-21-10-8-16/h1-2,5-10,13,17,22H,3-4,11-12,14H2. The number of piperidine rings is 1. The molecule has 1 fully saturated rings. The van der Waals surface area contributed by atoms with Crippen molar-refractivity contribution in [2.45, 2.75) is 25.4 Å². The first-order valence-electron chi connectivity index (χ1n) is 8.69. The van der Waals surface area contributed by atoms with Crippen LogP contribution < -0.4 is 4.74 Å². The number of benzene rings is 1. The molecule has 4 rings (SSSR count). The van der Waals surface area contributed by atoms with Crippen LogP contribution in [0.25, 0.3) is 10.9 Å². The minimum atomic E-state index is 0.0445. The molecule has 0 aliphatic carbocycles. The van der Waals surface area contributed by atoms with Crippen molar-refractivity contribution in [1.82, 2.24) is 14.9 Å². The van der Waals surface area contributed by atoms with Gasteiger partial charge < -0.3 is 14.6 Å². The number of hydrogen-bond acceptors (Lipinski definition) is 3. The Labute approximate surface area is 146 Å². The maximum Gasteiger partial charge on any atom is 0.227 e. The third-order valence-electron chi connectivity index (χ3n) is 4.70. The molecule has 1 atom stereocenters. The molecule has 1 N–H and O–H groups in total. The van der Waals surface area contributed by atoms with Gasteiger partial charge in [-0.25, -0.2) is 0 Å². The highest BCUT2D eigenvalue weighted by Gasteiger charge is 2.25. The van der Waals surface area contributed by atoms with Gasteiger partial charge >= 0.3 is 0 Å². The molecule has 0 spiro atoms. The normalized spacial score (nSPS) is 17.6. The molecule has 0 radical (unpaired) electrons. The second-order valence-corrected chi connectivity index (χ2v) is 6.44. The molecule has 1 aliphatic rings. The number of rotatable bonds is 4. The van der Waals surface area contributed by atoms with Crippen molar-refractivity contribution in [3.63, 3.8) is 0 Å². The Morgan fingerprint density at radius 3 is 2.96 bits per heavy atom. The molecule has 1 aromatic carbocycles. The van der Waals surface area contributed by atoms with E-state index in [0.717, 1.165) is 41.6 Å². The van der Waals surface area contributed by atoms with Crippen LogP contribution in [0.15, 0.2) is 55.0 Å². The monoisotopic (exact) mass is 335 g/mol. The fourth-order valence-electron chi connectivity index (χ4n) is 3.42. The number of ether oxygens (including phenoxy) is 1. The summed E-state index contributed by atoms with van der Waals surface area (Å²) in [4.78, 5) is 21.9. The van der Waals surface area contributed by atoms with Gasteiger partial charge in [0, 0.05) is 36.0 Å². The molecule has 1 saturated heterocycles. The molecule has 2 aromatic heterocycles. The summed E-state index contributed by atoms with van der Waals surface area (Å²) >= 11 is 0. The van der Waals surface area contributed by atoms with Crippen LogP contribution in [0, 0.1) is 0 Å². The average molecular weight is 335 g/mol. The summed E-state index contributed by atoms with van der Waals surface area (Å²) in [6, 6.07) is 11.8. The van der Waals surface area contributed by atoms with Crippen molar-refractivity contribution >= 4 is 16.8 Å². The highest BCUT2D eigenvalue weighted by Crippen LogP contribution is 2.21. The lowest BCUT2D eigenvalue weighted by Gasteiger charge is -2.33. The van der Waals surface area contributed by atoms with Crippen LogP contribution in [0.5, 0.6) is 5.75 Å². The number of amides is 1. The first-order chi connectivity index (χ1) is 12.3. The van der Waals surface area contributed by atoms with Crippen molar-refractivity contribution in [3.8, 4) is 5.75 Å². The Morgan fingerprint density at radius 1 is 1.24 bits per heavy atom. The van der Waals surface area contributed by atoms with Crippen LogP contribution in [0.3, 0.4) is 0 Å². The lowest BCUT2D eigenvalue weighted by Crippen LogP contribution is -2.45. The van der Waals surface area contributed by atoms with Gasteiger partial charge in [-0.2, -0.15) is 0 Å². The van der Waals surface area contributed by atoms with Crippen LogP contribution >= 0.6 is 0 Å². The Kier molecular flexibility index (Phi) is 4.37. The molecule has 1 aliphatic heterocycles. The van der Waals surface area contributed by atoms with E-state index in [1.54, 1.807) is 12.4 Å². The van der Waals surface area contributed by atoms with Crippen molar-refractivity contribution in [2.75, 3.05) is 13.1 Å². The van der Waals surface area contributed by atoms with Gasteiger partial charge in [0.1, 0.15) is 11.9 Å². The molecule has 1 amide bonds. The number of fused-ring (bicyclic) bond motifs is 1. The molecule has 25 heavy (non-hydrogen) atoms. The van der Waals surface area contributed by atoms with E-state index in [2.05, 4.69) is 16.0 Å². The fourth-order valence-corrected chi connectivity index (χ4v) is 3.42.